The van der Waals surface area contributed by atoms with E-state index in [1.165, 1.54) is 25.1 Å². The summed E-state index contributed by atoms with van der Waals surface area (Å²) in [7, 11) is 0. The summed E-state index contributed by atoms with van der Waals surface area (Å²) >= 11 is 0. The molecule has 0 atom stereocenters. The first-order valence-electron chi connectivity index (χ1n) is 6.24. The average molecular weight is 220 g/mol. The van der Waals surface area contributed by atoms with E-state index in [4.69, 9.17) is 5.73 Å². The predicted octanol–water partition coefficient (Wildman–Crippen LogP) is 0.828. The van der Waals surface area contributed by atoms with E-state index < -0.39 is 0 Å². The quantitative estimate of drug-likeness (QED) is 0.820. The van der Waals surface area contributed by atoms with Crippen LogP contribution in [0.25, 0.3) is 0 Å². The molecule has 4 nitrogen and oxygen atoms in total. The highest BCUT2D eigenvalue weighted by Gasteiger charge is 2.37. The number of hydrogen-bond donors (Lipinski definition) is 1. The lowest BCUT2D eigenvalue weighted by molar-refractivity contribution is 0.0600. The maximum Gasteiger partial charge on any atom is 0.122 e. The summed E-state index contributed by atoms with van der Waals surface area (Å²) in [5, 5.41) is 0. The molecule has 0 spiro atoms. The molecule has 4 heteroatoms. The Morgan fingerprint density at radius 1 is 1.38 bits per heavy atom. The van der Waals surface area contributed by atoms with Gasteiger partial charge < -0.3 is 10.3 Å². The molecule has 2 heterocycles. The molecule has 0 saturated heterocycles. The molecule has 0 aromatic carbocycles. The van der Waals surface area contributed by atoms with Crippen molar-refractivity contribution < 1.29 is 0 Å². The standard InChI is InChI=1S/C12H20N4/c13-9-12(2-1-3-12)10-15-6-7-16-5-4-14-11(16)8-15/h4-5H,1-3,6-10,13H2. The lowest BCUT2D eigenvalue weighted by Crippen LogP contribution is -2.48. The second-order valence-electron chi connectivity index (χ2n) is 5.31. The molecule has 0 bridgehead atoms. The molecule has 0 amide bonds. The van der Waals surface area contributed by atoms with Crippen LogP contribution < -0.4 is 5.73 Å². The van der Waals surface area contributed by atoms with Gasteiger partial charge in [-0.3, -0.25) is 4.90 Å². The number of hydrogen-bond acceptors (Lipinski definition) is 3. The molecule has 16 heavy (non-hydrogen) atoms. The van der Waals surface area contributed by atoms with Crippen LogP contribution in [0.1, 0.15) is 25.1 Å². The van der Waals surface area contributed by atoms with E-state index in [-0.39, 0.29) is 0 Å². The number of aromatic nitrogens is 2. The molecule has 1 saturated carbocycles. The molecular weight excluding hydrogens is 200 g/mol. The lowest BCUT2D eigenvalue weighted by Gasteiger charge is -2.45. The molecule has 1 fully saturated rings. The maximum absolute atomic E-state index is 5.91. The Balaban J connectivity index is 1.65. The first-order valence-corrected chi connectivity index (χ1v) is 6.24. The summed E-state index contributed by atoms with van der Waals surface area (Å²) < 4.78 is 2.26. The van der Waals surface area contributed by atoms with Crippen molar-refractivity contribution in [2.45, 2.75) is 32.4 Å². The van der Waals surface area contributed by atoms with Crippen LogP contribution in [-0.4, -0.2) is 34.1 Å². The van der Waals surface area contributed by atoms with Gasteiger partial charge in [0.2, 0.25) is 0 Å². The first kappa shape index (κ1) is 10.3. The molecule has 0 unspecified atom stereocenters. The van der Waals surface area contributed by atoms with Crippen molar-refractivity contribution in [3.63, 3.8) is 0 Å². The van der Waals surface area contributed by atoms with Crippen molar-refractivity contribution in [3.05, 3.63) is 18.2 Å². The fourth-order valence-corrected chi connectivity index (χ4v) is 2.94. The van der Waals surface area contributed by atoms with Gasteiger partial charge in [0, 0.05) is 32.0 Å². The van der Waals surface area contributed by atoms with Crippen molar-refractivity contribution in [2.24, 2.45) is 11.1 Å². The molecule has 1 aliphatic carbocycles. The Kier molecular flexibility index (Phi) is 2.48. The van der Waals surface area contributed by atoms with Crippen LogP contribution in [-0.2, 0) is 13.1 Å². The van der Waals surface area contributed by atoms with E-state index in [0.29, 0.717) is 5.41 Å². The van der Waals surface area contributed by atoms with Crippen LogP contribution in [0.2, 0.25) is 0 Å². The van der Waals surface area contributed by atoms with Crippen LogP contribution in [0.3, 0.4) is 0 Å². The number of rotatable bonds is 3. The zero-order valence-electron chi connectivity index (χ0n) is 9.73. The van der Waals surface area contributed by atoms with Gasteiger partial charge in [0.25, 0.3) is 0 Å². The summed E-state index contributed by atoms with van der Waals surface area (Å²) in [6, 6.07) is 0. The van der Waals surface area contributed by atoms with E-state index in [2.05, 4.69) is 20.6 Å². The lowest BCUT2D eigenvalue weighted by atomic mass is 9.68. The predicted molar refractivity (Wildman–Crippen MR) is 62.8 cm³/mol. The highest BCUT2D eigenvalue weighted by molar-refractivity contribution is 4.98. The topological polar surface area (TPSA) is 47.1 Å². The van der Waals surface area contributed by atoms with E-state index in [9.17, 15) is 0 Å². The van der Waals surface area contributed by atoms with E-state index >= 15 is 0 Å². The van der Waals surface area contributed by atoms with Gasteiger partial charge in [-0.05, 0) is 24.8 Å². The monoisotopic (exact) mass is 220 g/mol. The minimum Gasteiger partial charge on any atom is -0.333 e. The van der Waals surface area contributed by atoms with Gasteiger partial charge >= 0.3 is 0 Å². The summed E-state index contributed by atoms with van der Waals surface area (Å²) in [4.78, 5) is 6.92. The molecule has 3 rings (SSSR count). The number of imidazole rings is 1. The van der Waals surface area contributed by atoms with Crippen LogP contribution in [0.15, 0.2) is 12.4 Å². The van der Waals surface area contributed by atoms with Crippen molar-refractivity contribution in [3.8, 4) is 0 Å². The molecule has 1 aromatic rings. The molecule has 1 aliphatic heterocycles. The molecular formula is C12H20N4. The fourth-order valence-electron chi connectivity index (χ4n) is 2.94. The summed E-state index contributed by atoms with van der Waals surface area (Å²) in [5.41, 5.74) is 6.34. The summed E-state index contributed by atoms with van der Waals surface area (Å²) in [6.07, 6.45) is 7.97. The molecule has 2 aliphatic rings. The molecule has 1 aromatic heterocycles. The largest absolute Gasteiger partial charge is 0.333 e. The second kappa shape index (κ2) is 3.86. The van der Waals surface area contributed by atoms with E-state index in [0.717, 1.165) is 32.7 Å². The Hall–Kier alpha value is -0.870. The Labute approximate surface area is 96.4 Å². The highest BCUT2D eigenvalue weighted by atomic mass is 15.2. The maximum atomic E-state index is 5.91. The number of fused-ring (bicyclic) bond motifs is 1. The van der Waals surface area contributed by atoms with Crippen molar-refractivity contribution in [1.82, 2.24) is 14.5 Å². The van der Waals surface area contributed by atoms with Crippen molar-refractivity contribution >= 4 is 0 Å². The van der Waals surface area contributed by atoms with E-state index in [1.807, 2.05) is 6.20 Å². The third kappa shape index (κ3) is 1.66. The highest BCUT2D eigenvalue weighted by Crippen LogP contribution is 2.40. The molecule has 2 N–H and O–H groups in total. The zero-order chi connectivity index (χ0) is 11.0. The summed E-state index contributed by atoms with van der Waals surface area (Å²) in [6.45, 7) is 5.23. The Morgan fingerprint density at radius 2 is 2.25 bits per heavy atom. The minimum atomic E-state index is 0.425. The van der Waals surface area contributed by atoms with Gasteiger partial charge in [-0.25, -0.2) is 4.98 Å². The summed E-state index contributed by atoms with van der Waals surface area (Å²) in [5.74, 6) is 1.21. The van der Waals surface area contributed by atoms with Gasteiger partial charge in [-0.2, -0.15) is 0 Å². The normalized spacial score (nSPS) is 23.8. The fraction of sp³-hybridized carbons (Fsp3) is 0.750. The van der Waals surface area contributed by atoms with E-state index in [1.54, 1.807) is 0 Å². The minimum absolute atomic E-state index is 0.425. The van der Waals surface area contributed by atoms with Crippen LogP contribution in [0, 0.1) is 5.41 Å². The van der Waals surface area contributed by atoms with Gasteiger partial charge in [-0.15, -0.1) is 0 Å². The molecule has 0 radical (unpaired) electrons. The second-order valence-corrected chi connectivity index (χ2v) is 5.31. The van der Waals surface area contributed by atoms with Crippen molar-refractivity contribution in [2.75, 3.05) is 19.6 Å². The van der Waals surface area contributed by atoms with Crippen molar-refractivity contribution in [1.29, 1.82) is 0 Å². The first-order chi connectivity index (χ1) is 7.81. The van der Waals surface area contributed by atoms with Gasteiger partial charge in [0.15, 0.2) is 0 Å². The third-order valence-corrected chi connectivity index (χ3v) is 4.23. The zero-order valence-corrected chi connectivity index (χ0v) is 9.73. The Morgan fingerprint density at radius 3 is 2.94 bits per heavy atom. The van der Waals surface area contributed by atoms with Crippen LogP contribution >= 0.6 is 0 Å². The van der Waals surface area contributed by atoms with Crippen LogP contribution in [0.4, 0.5) is 0 Å². The van der Waals surface area contributed by atoms with Gasteiger partial charge in [0.1, 0.15) is 5.82 Å². The SMILES string of the molecule is NCC1(CN2CCn3ccnc3C2)CCC1. The average Bonchev–Trinajstić information content (AvgIpc) is 2.70. The number of nitrogens with two attached hydrogens (primary N) is 1. The smallest absolute Gasteiger partial charge is 0.122 e. The number of nitrogens with zero attached hydrogens (tertiary/aromatic N) is 3. The van der Waals surface area contributed by atoms with Gasteiger partial charge in [0.05, 0.1) is 6.54 Å². The van der Waals surface area contributed by atoms with Gasteiger partial charge in [-0.1, -0.05) is 6.42 Å². The molecule has 88 valence electrons. The third-order valence-electron chi connectivity index (χ3n) is 4.23. The van der Waals surface area contributed by atoms with Crippen LogP contribution in [0.5, 0.6) is 0 Å². The Bertz CT molecular complexity index is 361.